The molecule has 0 N–H and O–H groups in total. The van der Waals surface area contributed by atoms with Crippen molar-refractivity contribution in [1.82, 2.24) is 0 Å². The van der Waals surface area contributed by atoms with Crippen LogP contribution in [0.3, 0.4) is 0 Å². The fraction of sp³-hybridized carbons (Fsp3) is 0.214. The fourth-order valence-electron chi connectivity index (χ4n) is 1.42. The van der Waals surface area contributed by atoms with Crippen molar-refractivity contribution in [1.29, 1.82) is 5.26 Å². The lowest BCUT2D eigenvalue weighted by atomic mass is 10.0. The van der Waals surface area contributed by atoms with E-state index in [1.54, 1.807) is 25.3 Å². The van der Waals surface area contributed by atoms with E-state index in [1.807, 2.05) is 19.1 Å². The summed E-state index contributed by atoms with van der Waals surface area (Å²) < 4.78 is 0. The Morgan fingerprint density at radius 3 is 2.29 bits per heavy atom. The summed E-state index contributed by atoms with van der Waals surface area (Å²) in [7, 11) is 1.60. The Hall–Kier alpha value is -2.21. The minimum Gasteiger partial charge on any atom is -0.293 e. The van der Waals surface area contributed by atoms with Crippen molar-refractivity contribution < 1.29 is 4.79 Å². The summed E-state index contributed by atoms with van der Waals surface area (Å²) in [5.74, 6) is -0.0551. The molecule has 0 aromatic heterocycles. The molecule has 86 valence electrons. The van der Waals surface area contributed by atoms with Crippen molar-refractivity contribution in [2.45, 2.75) is 13.8 Å². The molecule has 0 amide bonds. The van der Waals surface area contributed by atoms with Gasteiger partial charge in [-0.2, -0.15) is 5.26 Å². The molecule has 0 aliphatic carbocycles. The van der Waals surface area contributed by atoms with Crippen molar-refractivity contribution in [3.63, 3.8) is 0 Å². The van der Waals surface area contributed by atoms with Gasteiger partial charge in [-0.25, -0.2) is 0 Å². The van der Waals surface area contributed by atoms with Gasteiger partial charge in [-0.05, 0) is 36.3 Å². The number of Topliss-reactive ketones (excluding diaryl/α,β-unsaturated/α-hetero) is 1. The number of nitrogens with zero attached hydrogens (tertiary/aromatic N) is 2. The van der Waals surface area contributed by atoms with Crippen LogP contribution in [0.15, 0.2) is 35.3 Å². The molecule has 0 saturated heterocycles. The first-order valence-electron chi connectivity index (χ1n) is 5.25. The van der Waals surface area contributed by atoms with Gasteiger partial charge in [-0.15, -0.1) is 0 Å². The van der Waals surface area contributed by atoms with Gasteiger partial charge < -0.3 is 0 Å². The van der Waals surface area contributed by atoms with E-state index in [-0.39, 0.29) is 5.78 Å². The number of hydrogen-bond acceptors (Lipinski definition) is 3. The van der Waals surface area contributed by atoms with Crippen LogP contribution in [-0.2, 0) is 4.79 Å². The molecule has 1 rings (SSSR count). The van der Waals surface area contributed by atoms with Crippen molar-refractivity contribution >= 4 is 17.1 Å². The summed E-state index contributed by atoms with van der Waals surface area (Å²) in [6.07, 6.45) is 1.75. The largest absolute Gasteiger partial charge is 0.293 e. The van der Waals surface area contributed by atoms with Crippen LogP contribution in [-0.4, -0.2) is 18.5 Å². The molecule has 17 heavy (non-hydrogen) atoms. The Bertz CT molecular complexity index is 516. The van der Waals surface area contributed by atoms with Crippen molar-refractivity contribution in [3.05, 3.63) is 41.5 Å². The van der Waals surface area contributed by atoms with Gasteiger partial charge in [0.15, 0.2) is 5.78 Å². The average Bonchev–Trinajstić information content (AvgIpc) is 2.35. The van der Waals surface area contributed by atoms with Gasteiger partial charge in [-0.1, -0.05) is 12.1 Å². The summed E-state index contributed by atoms with van der Waals surface area (Å²) in [6, 6.07) is 9.29. The number of ketones is 1. The summed E-state index contributed by atoms with van der Waals surface area (Å²) in [5, 5.41) is 8.69. The van der Waals surface area contributed by atoms with Crippen molar-refractivity contribution in [2.75, 3.05) is 7.05 Å². The first-order chi connectivity index (χ1) is 8.08. The number of aliphatic imine (C=N–C) groups is 1. The van der Waals surface area contributed by atoms with E-state index in [0.717, 1.165) is 11.1 Å². The van der Waals surface area contributed by atoms with Gasteiger partial charge >= 0.3 is 0 Å². The molecule has 0 aliphatic rings. The molecule has 0 fully saturated rings. The Labute approximate surface area is 101 Å². The summed E-state index contributed by atoms with van der Waals surface area (Å²) >= 11 is 0. The van der Waals surface area contributed by atoms with E-state index in [9.17, 15) is 4.79 Å². The number of nitriles is 1. The quantitative estimate of drug-likeness (QED) is 0.744. The first kappa shape index (κ1) is 12.9. The van der Waals surface area contributed by atoms with Crippen LogP contribution in [0.1, 0.15) is 25.0 Å². The lowest BCUT2D eigenvalue weighted by Crippen LogP contribution is -2.06. The standard InChI is InChI=1S/C14H14N2O/c1-10(8-14(16-3)11(2)17)13-6-4-12(9-15)5-7-13/h4-8H,1-3H3/b10-8+,16-14?. The molecular weight excluding hydrogens is 212 g/mol. The molecular formula is C14H14N2O. The molecule has 0 unspecified atom stereocenters. The Morgan fingerprint density at radius 2 is 1.88 bits per heavy atom. The molecule has 0 bridgehead atoms. The van der Waals surface area contributed by atoms with Crippen LogP contribution in [0.4, 0.5) is 0 Å². The maximum Gasteiger partial charge on any atom is 0.177 e. The second-order valence-corrected chi connectivity index (χ2v) is 3.68. The molecule has 0 atom stereocenters. The highest BCUT2D eigenvalue weighted by Crippen LogP contribution is 2.14. The van der Waals surface area contributed by atoms with Crippen molar-refractivity contribution in [2.24, 2.45) is 4.99 Å². The van der Waals surface area contributed by atoms with Crippen LogP contribution in [0.2, 0.25) is 0 Å². The average molecular weight is 226 g/mol. The van der Waals surface area contributed by atoms with E-state index in [0.29, 0.717) is 11.3 Å². The maximum atomic E-state index is 11.2. The Balaban J connectivity index is 3.04. The topological polar surface area (TPSA) is 53.2 Å². The number of allylic oxidation sites excluding steroid dienone is 2. The molecule has 3 heteroatoms. The highest BCUT2D eigenvalue weighted by Gasteiger charge is 2.03. The van der Waals surface area contributed by atoms with Crippen LogP contribution in [0.25, 0.3) is 5.57 Å². The molecule has 1 aromatic carbocycles. The maximum absolute atomic E-state index is 11.2. The van der Waals surface area contributed by atoms with Crippen LogP contribution >= 0.6 is 0 Å². The first-order valence-corrected chi connectivity index (χ1v) is 5.25. The Kier molecular flexibility index (Phi) is 4.36. The lowest BCUT2D eigenvalue weighted by molar-refractivity contribution is -0.111. The summed E-state index contributed by atoms with van der Waals surface area (Å²) in [6.45, 7) is 3.40. The second kappa shape index (κ2) is 5.76. The van der Waals surface area contributed by atoms with Crippen LogP contribution in [0.5, 0.6) is 0 Å². The molecule has 0 aliphatic heterocycles. The van der Waals surface area contributed by atoms with Crippen LogP contribution in [0, 0.1) is 11.3 Å². The third-order valence-corrected chi connectivity index (χ3v) is 2.42. The van der Waals surface area contributed by atoms with Gasteiger partial charge in [0.25, 0.3) is 0 Å². The zero-order chi connectivity index (χ0) is 12.8. The number of carbonyl (C=O) groups is 1. The van der Waals surface area contributed by atoms with E-state index in [4.69, 9.17) is 5.26 Å². The monoisotopic (exact) mass is 226 g/mol. The highest BCUT2D eigenvalue weighted by atomic mass is 16.1. The summed E-state index contributed by atoms with van der Waals surface area (Å²) in [4.78, 5) is 15.1. The molecule has 3 nitrogen and oxygen atoms in total. The van der Waals surface area contributed by atoms with Gasteiger partial charge in [0, 0.05) is 14.0 Å². The minimum absolute atomic E-state index is 0.0551. The second-order valence-electron chi connectivity index (χ2n) is 3.68. The van der Waals surface area contributed by atoms with Gasteiger partial charge in [0.1, 0.15) is 5.71 Å². The SMILES string of the molecule is CN=C(/C=C(\C)c1ccc(C#N)cc1)C(C)=O. The minimum atomic E-state index is -0.0551. The molecule has 0 radical (unpaired) electrons. The highest BCUT2D eigenvalue weighted by molar-refractivity contribution is 6.44. The van der Waals surface area contributed by atoms with Gasteiger partial charge in [0.2, 0.25) is 0 Å². The molecule has 0 saturated carbocycles. The summed E-state index contributed by atoms with van der Waals surface area (Å²) in [5.41, 5.74) is 3.00. The number of carbonyl (C=O) groups excluding carboxylic acids is 1. The number of hydrogen-bond donors (Lipinski definition) is 0. The third-order valence-electron chi connectivity index (χ3n) is 2.42. The number of benzene rings is 1. The fourth-order valence-corrected chi connectivity index (χ4v) is 1.42. The van der Waals surface area contributed by atoms with E-state index in [2.05, 4.69) is 11.1 Å². The number of rotatable bonds is 3. The van der Waals surface area contributed by atoms with Gasteiger partial charge in [0.05, 0.1) is 11.6 Å². The van der Waals surface area contributed by atoms with E-state index in [1.165, 1.54) is 6.92 Å². The normalized spacial score (nSPS) is 12.1. The van der Waals surface area contributed by atoms with Crippen molar-refractivity contribution in [3.8, 4) is 6.07 Å². The molecule has 0 spiro atoms. The van der Waals surface area contributed by atoms with Gasteiger partial charge in [-0.3, -0.25) is 9.79 Å². The van der Waals surface area contributed by atoms with E-state index < -0.39 is 0 Å². The third kappa shape index (κ3) is 3.39. The lowest BCUT2D eigenvalue weighted by Gasteiger charge is -2.02. The smallest absolute Gasteiger partial charge is 0.177 e. The predicted octanol–water partition coefficient (Wildman–Crippen LogP) is 2.62. The predicted molar refractivity (Wildman–Crippen MR) is 68.8 cm³/mol. The zero-order valence-electron chi connectivity index (χ0n) is 10.2. The van der Waals surface area contributed by atoms with E-state index >= 15 is 0 Å². The molecule has 1 aromatic rings. The molecule has 0 heterocycles. The van der Waals surface area contributed by atoms with Crippen LogP contribution < -0.4 is 0 Å². The zero-order valence-corrected chi connectivity index (χ0v) is 10.2. The Morgan fingerprint density at radius 1 is 1.29 bits per heavy atom.